The summed E-state index contributed by atoms with van der Waals surface area (Å²) in [7, 11) is 1.50. The van der Waals surface area contributed by atoms with Gasteiger partial charge in [-0.3, -0.25) is 14.5 Å². The lowest BCUT2D eigenvalue weighted by Crippen LogP contribution is -2.40. The highest BCUT2D eigenvalue weighted by atomic mass is 16.5. The number of methoxy groups -OCH3 is 1. The van der Waals surface area contributed by atoms with Crippen LogP contribution in [0.25, 0.3) is 11.3 Å². The third-order valence-corrected chi connectivity index (χ3v) is 5.82. The minimum Gasteiger partial charge on any atom is -0.618 e. The molecule has 0 radical (unpaired) electrons. The number of aromatic nitrogens is 2. The van der Waals surface area contributed by atoms with Gasteiger partial charge in [-0.2, -0.15) is 4.73 Å². The van der Waals surface area contributed by atoms with Crippen LogP contribution < -0.4 is 14.4 Å². The Kier molecular flexibility index (Phi) is 5.50. The number of aliphatic hydroxyl groups excluding tert-OH is 1. The molecule has 0 fully saturated rings. The number of hydrogen-bond donors (Lipinski definition) is 1. The van der Waals surface area contributed by atoms with E-state index in [1.54, 1.807) is 54.6 Å². The predicted octanol–water partition coefficient (Wildman–Crippen LogP) is 3.77. The molecule has 1 N–H and O–H groups in total. The summed E-state index contributed by atoms with van der Waals surface area (Å²) in [6.45, 7) is 0. The minimum atomic E-state index is -1.14. The number of pyridine rings is 1. The highest BCUT2D eigenvalue weighted by molar-refractivity contribution is 6.20. The van der Waals surface area contributed by atoms with Gasteiger partial charge >= 0.3 is 0 Å². The van der Waals surface area contributed by atoms with Gasteiger partial charge < -0.3 is 19.6 Å². The number of ether oxygens (including phenoxy) is 1. The zero-order valence-electron chi connectivity index (χ0n) is 18.5. The van der Waals surface area contributed by atoms with Crippen molar-refractivity contribution in [1.29, 1.82) is 0 Å². The first kappa shape index (κ1) is 21.9. The molecule has 0 saturated heterocycles. The molecule has 1 amide bonds. The van der Waals surface area contributed by atoms with Gasteiger partial charge in [0.1, 0.15) is 17.7 Å². The van der Waals surface area contributed by atoms with Crippen molar-refractivity contribution in [2.45, 2.75) is 6.04 Å². The fourth-order valence-corrected chi connectivity index (χ4v) is 4.09. The smallest absolute Gasteiger partial charge is 0.294 e. The molecule has 174 valence electrons. The van der Waals surface area contributed by atoms with Crippen LogP contribution in [-0.2, 0) is 4.79 Å². The molecule has 1 unspecified atom stereocenters. The second-order valence-corrected chi connectivity index (χ2v) is 7.78. The standard InChI is InChI=1S/C26H19N3O6/c1-34-19-11-7-17(8-12-19)24(30)22-23(21-4-2-3-14-28(21)33)29(26(32)25(22)31)18-9-5-16(6-10-18)20-13-15-35-27-20/h2-15,23,31H,1H3. The summed E-state index contributed by atoms with van der Waals surface area (Å²) in [4.78, 5) is 28.0. The SMILES string of the molecule is COc1ccc(C(=O)C2=C(O)C(=O)N(c3ccc(-c4ccon4)cc3)C2c2cccc[n+]2[O-])cc1. The van der Waals surface area contributed by atoms with E-state index in [4.69, 9.17) is 9.26 Å². The Morgan fingerprint density at radius 2 is 1.83 bits per heavy atom. The van der Waals surface area contributed by atoms with Crippen LogP contribution in [-0.4, -0.2) is 29.1 Å². The van der Waals surface area contributed by atoms with Gasteiger partial charge in [-0.05, 0) is 42.5 Å². The van der Waals surface area contributed by atoms with Crippen molar-refractivity contribution < 1.29 is 28.7 Å². The number of aliphatic hydroxyl groups is 1. The number of amides is 1. The van der Waals surface area contributed by atoms with Crippen molar-refractivity contribution >= 4 is 17.4 Å². The van der Waals surface area contributed by atoms with E-state index in [0.29, 0.717) is 21.9 Å². The normalized spacial score (nSPS) is 15.5. The maximum atomic E-state index is 13.5. The molecule has 0 bridgehead atoms. The Morgan fingerprint density at radius 3 is 2.46 bits per heavy atom. The van der Waals surface area contributed by atoms with Crippen molar-refractivity contribution in [3.05, 3.63) is 113 Å². The molecule has 0 aliphatic carbocycles. The second-order valence-electron chi connectivity index (χ2n) is 7.78. The Hall–Kier alpha value is -4.92. The molecular formula is C26H19N3O6. The van der Waals surface area contributed by atoms with Crippen LogP contribution in [0.5, 0.6) is 5.75 Å². The summed E-state index contributed by atoms with van der Waals surface area (Å²) in [6.07, 6.45) is 2.72. The maximum Gasteiger partial charge on any atom is 0.294 e. The van der Waals surface area contributed by atoms with Crippen molar-refractivity contribution in [3.8, 4) is 17.0 Å². The number of rotatable bonds is 6. The van der Waals surface area contributed by atoms with Crippen LogP contribution in [0.2, 0.25) is 0 Å². The highest BCUT2D eigenvalue weighted by Gasteiger charge is 2.47. The predicted molar refractivity (Wildman–Crippen MR) is 125 cm³/mol. The van der Waals surface area contributed by atoms with E-state index in [1.807, 2.05) is 0 Å². The van der Waals surface area contributed by atoms with E-state index in [2.05, 4.69) is 5.16 Å². The van der Waals surface area contributed by atoms with E-state index in [-0.39, 0.29) is 16.8 Å². The van der Waals surface area contributed by atoms with E-state index in [0.717, 1.165) is 5.56 Å². The van der Waals surface area contributed by atoms with Crippen molar-refractivity contribution in [1.82, 2.24) is 5.16 Å². The number of nitrogens with zero attached hydrogens (tertiary/aromatic N) is 3. The number of Topliss-reactive ketones (excluding diaryl/α,β-unsaturated/α-hetero) is 1. The number of benzene rings is 2. The van der Waals surface area contributed by atoms with E-state index in [9.17, 15) is 19.9 Å². The molecule has 9 nitrogen and oxygen atoms in total. The Morgan fingerprint density at radius 1 is 1.09 bits per heavy atom. The summed E-state index contributed by atoms with van der Waals surface area (Å²) in [6, 6.07) is 18.3. The molecule has 1 aliphatic rings. The highest BCUT2D eigenvalue weighted by Crippen LogP contribution is 2.41. The molecule has 4 aromatic rings. The molecule has 3 heterocycles. The number of anilines is 1. The van der Waals surface area contributed by atoms with Gasteiger partial charge in [-0.25, -0.2) is 0 Å². The van der Waals surface area contributed by atoms with Gasteiger partial charge in [-0.15, -0.1) is 0 Å². The average Bonchev–Trinajstić information content (AvgIpc) is 3.51. The van der Waals surface area contributed by atoms with E-state index < -0.39 is 23.5 Å². The number of carbonyl (C=O) groups is 2. The van der Waals surface area contributed by atoms with Gasteiger partial charge in [0, 0.05) is 35.0 Å². The lowest BCUT2D eigenvalue weighted by Gasteiger charge is -2.25. The Balaban J connectivity index is 1.60. The third-order valence-electron chi connectivity index (χ3n) is 5.82. The van der Waals surface area contributed by atoms with Crippen LogP contribution in [0.15, 0.2) is 101 Å². The Bertz CT molecular complexity index is 1430. The molecule has 0 saturated carbocycles. The molecule has 5 rings (SSSR count). The summed E-state index contributed by atoms with van der Waals surface area (Å²) >= 11 is 0. The van der Waals surface area contributed by atoms with Crippen LogP contribution in [0.4, 0.5) is 5.69 Å². The fourth-order valence-electron chi connectivity index (χ4n) is 4.09. The number of hydrogen-bond acceptors (Lipinski definition) is 7. The van der Waals surface area contributed by atoms with Gasteiger partial charge in [0.05, 0.1) is 12.7 Å². The summed E-state index contributed by atoms with van der Waals surface area (Å²) < 4.78 is 10.6. The molecule has 1 atom stereocenters. The molecule has 9 heteroatoms. The zero-order chi connectivity index (χ0) is 24.5. The van der Waals surface area contributed by atoms with Crippen molar-refractivity contribution in [3.63, 3.8) is 0 Å². The number of ketones is 1. The quantitative estimate of drug-likeness (QED) is 0.259. The van der Waals surface area contributed by atoms with Crippen LogP contribution in [0.1, 0.15) is 22.1 Å². The van der Waals surface area contributed by atoms with Crippen molar-refractivity contribution in [2.75, 3.05) is 12.0 Å². The molecule has 35 heavy (non-hydrogen) atoms. The monoisotopic (exact) mass is 469 g/mol. The molecule has 2 aromatic carbocycles. The fraction of sp³-hybridized carbons (Fsp3) is 0.0769. The van der Waals surface area contributed by atoms with Crippen LogP contribution in [0, 0.1) is 5.21 Å². The third kappa shape index (κ3) is 3.78. The van der Waals surface area contributed by atoms with Gasteiger partial charge in [-0.1, -0.05) is 17.3 Å². The topological polar surface area (TPSA) is 120 Å². The second kappa shape index (κ2) is 8.79. The summed E-state index contributed by atoms with van der Waals surface area (Å²) in [5.41, 5.74) is 1.91. The molecule has 2 aromatic heterocycles. The minimum absolute atomic E-state index is 0.113. The van der Waals surface area contributed by atoms with Gasteiger partial charge in [0.15, 0.2) is 23.8 Å². The molecule has 1 aliphatic heterocycles. The summed E-state index contributed by atoms with van der Waals surface area (Å²) in [5, 5.41) is 27.5. The lowest BCUT2D eigenvalue weighted by molar-refractivity contribution is -0.614. The average molecular weight is 469 g/mol. The lowest BCUT2D eigenvalue weighted by atomic mass is 9.95. The first-order valence-corrected chi connectivity index (χ1v) is 10.6. The molecular weight excluding hydrogens is 450 g/mol. The first-order valence-electron chi connectivity index (χ1n) is 10.6. The maximum absolute atomic E-state index is 13.5. The largest absolute Gasteiger partial charge is 0.618 e. The zero-order valence-corrected chi connectivity index (χ0v) is 18.5. The summed E-state index contributed by atoms with van der Waals surface area (Å²) in [5.74, 6) is -1.52. The van der Waals surface area contributed by atoms with Crippen molar-refractivity contribution in [2.24, 2.45) is 0 Å². The van der Waals surface area contributed by atoms with Gasteiger partial charge in [0.2, 0.25) is 5.69 Å². The Labute approximate surface area is 199 Å². The van der Waals surface area contributed by atoms with E-state index in [1.165, 1.54) is 42.7 Å². The molecule has 0 spiro atoms. The van der Waals surface area contributed by atoms with Crippen LogP contribution >= 0.6 is 0 Å². The van der Waals surface area contributed by atoms with Crippen LogP contribution in [0.3, 0.4) is 0 Å². The first-order chi connectivity index (χ1) is 17.0. The van der Waals surface area contributed by atoms with Gasteiger partial charge in [0.25, 0.3) is 5.91 Å². The van der Waals surface area contributed by atoms with E-state index >= 15 is 0 Å². The number of carbonyl (C=O) groups excluding carboxylic acids is 2.